The van der Waals surface area contributed by atoms with Crippen molar-refractivity contribution < 1.29 is 14.3 Å². The van der Waals surface area contributed by atoms with Crippen molar-refractivity contribution in [3.8, 4) is 0 Å². The summed E-state index contributed by atoms with van der Waals surface area (Å²) in [5.74, 6) is -1.22. The van der Waals surface area contributed by atoms with Crippen molar-refractivity contribution in [1.82, 2.24) is 4.98 Å². The van der Waals surface area contributed by atoms with Crippen molar-refractivity contribution in [3.63, 3.8) is 0 Å². The molecule has 20 heavy (non-hydrogen) atoms. The summed E-state index contributed by atoms with van der Waals surface area (Å²) >= 11 is 5.74. The second-order valence-corrected chi connectivity index (χ2v) is 4.63. The van der Waals surface area contributed by atoms with Gasteiger partial charge in [0.1, 0.15) is 11.6 Å². The second kappa shape index (κ2) is 5.88. The maximum absolute atomic E-state index is 13.6. The van der Waals surface area contributed by atoms with Gasteiger partial charge in [-0.1, -0.05) is 29.8 Å². The monoisotopic (exact) mass is 294 g/mol. The maximum atomic E-state index is 13.6. The first-order valence-corrected chi connectivity index (χ1v) is 6.27. The molecule has 0 saturated heterocycles. The summed E-state index contributed by atoms with van der Waals surface area (Å²) in [6.07, 6.45) is 0. The smallest absolute Gasteiger partial charge is 0.356 e. The van der Waals surface area contributed by atoms with Crippen LogP contribution in [0.4, 0.5) is 10.2 Å². The highest BCUT2D eigenvalue weighted by atomic mass is 35.5. The number of anilines is 1. The summed E-state index contributed by atoms with van der Waals surface area (Å²) in [5, 5.41) is 12.0. The van der Waals surface area contributed by atoms with E-state index >= 15 is 0 Å². The fourth-order valence-electron chi connectivity index (χ4n) is 1.80. The lowest BCUT2D eigenvalue weighted by Gasteiger charge is -2.16. The van der Waals surface area contributed by atoms with E-state index in [9.17, 15) is 9.18 Å². The van der Waals surface area contributed by atoms with E-state index in [-0.39, 0.29) is 22.6 Å². The zero-order valence-corrected chi connectivity index (χ0v) is 11.4. The van der Waals surface area contributed by atoms with Crippen LogP contribution in [0.5, 0.6) is 0 Å². The summed E-state index contributed by atoms with van der Waals surface area (Å²) in [6.45, 7) is 1.76. The van der Waals surface area contributed by atoms with Crippen LogP contribution in [0.25, 0.3) is 0 Å². The normalized spacial score (nSPS) is 11.9. The predicted octanol–water partition coefficient (Wildman–Crippen LogP) is 3.75. The van der Waals surface area contributed by atoms with Gasteiger partial charge >= 0.3 is 5.97 Å². The maximum Gasteiger partial charge on any atom is 0.356 e. The van der Waals surface area contributed by atoms with Crippen LogP contribution in [0, 0.1) is 5.82 Å². The van der Waals surface area contributed by atoms with Crippen molar-refractivity contribution in [3.05, 3.63) is 58.5 Å². The van der Waals surface area contributed by atoms with Crippen LogP contribution >= 0.6 is 11.6 Å². The van der Waals surface area contributed by atoms with Crippen LogP contribution in [0.2, 0.25) is 5.02 Å². The van der Waals surface area contributed by atoms with Gasteiger partial charge in [0.05, 0.1) is 11.1 Å². The molecule has 1 aromatic heterocycles. The molecule has 4 nitrogen and oxygen atoms in total. The molecule has 104 valence electrons. The lowest BCUT2D eigenvalue weighted by Crippen LogP contribution is -2.11. The summed E-state index contributed by atoms with van der Waals surface area (Å²) in [7, 11) is 0. The standard InChI is InChI=1S/C14H12ClFN2O2/c1-8(9-4-2-3-5-11(9)16)17-12-7-6-10(15)13(18-12)14(19)20/h2-8H,1H3,(H,17,18)(H,19,20). The molecule has 0 aliphatic rings. The molecule has 2 aromatic rings. The third-order valence-electron chi connectivity index (χ3n) is 2.78. The summed E-state index contributed by atoms with van der Waals surface area (Å²) in [5.41, 5.74) is 0.235. The largest absolute Gasteiger partial charge is 0.476 e. The Morgan fingerprint density at radius 1 is 1.35 bits per heavy atom. The summed E-state index contributed by atoms with van der Waals surface area (Å²) in [4.78, 5) is 14.9. The fourth-order valence-corrected chi connectivity index (χ4v) is 1.98. The molecular formula is C14H12ClFN2O2. The molecule has 6 heteroatoms. The Morgan fingerprint density at radius 3 is 2.70 bits per heavy atom. The van der Waals surface area contributed by atoms with Crippen molar-refractivity contribution in [1.29, 1.82) is 0 Å². The molecule has 0 fully saturated rings. The Kier molecular flexibility index (Phi) is 4.20. The SMILES string of the molecule is CC(Nc1ccc(Cl)c(C(=O)O)n1)c1ccccc1F. The van der Waals surface area contributed by atoms with E-state index in [2.05, 4.69) is 10.3 Å². The number of carboxylic acid groups (broad SMARTS) is 1. The lowest BCUT2D eigenvalue weighted by molar-refractivity contribution is 0.0691. The number of carbonyl (C=O) groups is 1. The average molecular weight is 295 g/mol. The predicted molar refractivity (Wildman–Crippen MR) is 74.6 cm³/mol. The summed E-state index contributed by atoms with van der Waals surface area (Å²) < 4.78 is 13.6. The van der Waals surface area contributed by atoms with Gasteiger partial charge in [0, 0.05) is 5.56 Å². The quantitative estimate of drug-likeness (QED) is 0.901. The Bertz CT molecular complexity index is 649. The number of nitrogens with one attached hydrogen (secondary N) is 1. The first kappa shape index (κ1) is 14.3. The third-order valence-corrected chi connectivity index (χ3v) is 3.09. The van der Waals surface area contributed by atoms with E-state index in [1.54, 1.807) is 31.2 Å². The topological polar surface area (TPSA) is 62.2 Å². The molecule has 1 unspecified atom stereocenters. The molecule has 1 heterocycles. The third kappa shape index (κ3) is 3.05. The molecule has 0 aliphatic heterocycles. The number of benzene rings is 1. The van der Waals surface area contributed by atoms with E-state index in [4.69, 9.17) is 16.7 Å². The highest BCUT2D eigenvalue weighted by Gasteiger charge is 2.14. The van der Waals surface area contributed by atoms with Gasteiger partial charge in [-0.25, -0.2) is 14.2 Å². The van der Waals surface area contributed by atoms with Crippen LogP contribution in [0.1, 0.15) is 29.0 Å². The van der Waals surface area contributed by atoms with Crippen molar-refractivity contribution in [2.75, 3.05) is 5.32 Å². The molecule has 1 aromatic carbocycles. The van der Waals surface area contributed by atoms with Gasteiger partial charge in [-0.05, 0) is 25.1 Å². The molecule has 0 aliphatic carbocycles. The van der Waals surface area contributed by atoms with Gasteiger partial charge in [0.15, 0.2) is 5.69 Å². The van der Waals surface area contributed by atoms with Crippen molar-refractivity contribution in [2.45, 2.75) is 13.0 Å². The van der Waals surface area contributed by atoms with Crippen LogP contribution in [0.3, 0.4) is 0 Å². The van der Waals surface area contributed by atoms with Crippen LogP contribution in [0.15, 0.2) is 36.4 Å². The van der Waals surface area contributed by atoms with Gasteiger partial charge in [-0.15, -0.1) is 0 Å². The molecule has 0 radical (unpaired) electrons. The van der Waals surface area contributed by atoms with Gasteiger partial charge < -0.3 is 10.4 Å². The summed E-state index contributed by atoms with van der Waals surface area (Å²) in [6, 6.07) is 8.99. The minimum atomic E-state index is -1.21. The zero-order chi connectivity index (χ0) is 14.7. The molecule has 1 atom stereocenters. The second-order valence-electron chi connectivity index (χ2n) is 4.22. The molecule has 2 rings (SSSR count). The first-order valence-electron chi connectivity index (χ1n) is 5.90. The highest BCUT2D eigenvalue weighted by molar-refractivity contribution is 6.33. The molecule has 0 saturated carbocycles. The van der Waals surface area contributed by atoms with Crippen LogP contribution in [-0.4, -0.2) is 16.1 Å². The lowest BCUT2D eigenvalue weighted by atomic mass is 10.1. The number of aromatic carboxylic acids is 1. The minimum Gasteiger partial charge on any atom is -0.476 e. The highest BCUT2D eigenvalue weighted by Crippen LogP contribution is 2.22. The number of rotatable bonds is 4. The number of carboxylic acids is 1. The van der Waals surface area contributed by atoms with E-state index in [1.807, 2.05) is 0 Å². The average Bonchev–Trinajstić information content (AvgIpc) is 2.41. The zero-order valence-electron chi connectivity index (χ0n) is 10.6. The van der Waals surface area contributed by atoms with Gasteiger partial charge in [-0.2, -0.15) is 0 Å². The van der Waals surface area contributed by atoms with Crippen molar-refractivity contribution >= 4 is 23.4 Å². The number of nitrogens with zero attached hydrogens (tertiary/aromatic N) is 1. The molecule has 2 N–H and O–H groups in total. The Hall–Kier alpha value is -2.14. The van der Waals surface area contributed by atoms with Crippen LogP contribution < -0.4 is 5.32 Å². The first-order chi connectivity index (χ1) is 9.49. The Morgan fingerprint density at radius 2 is 2.05 bits per heavy atom. The number of pyridine rings is 1. The van der Waals surface area contributed by atoms with E-state index in [0.717, 1.165) is 0 Å². The van der Waals surface area contributed by atoms with Gasteiger partial charge in [0.25, 0.3) is 0 Å². The molecule has 0 bridgehead atoms. The number of hydrogen-bond donors (Lipinski definition) is 2. The van der Waals surface area contributed by atoms with Gasteiger partial charge in [0.2, 0.25) is 0 Å². The van der Waals surface area contributed by atoms with Crippen molar-refractivity contribution in [2.24, 2.45) is 0 Å². The Labute approximate surface area is 120 Å². The molecular weight excluding hydrogens is 283 g/mol. The molecule has 0 spiro atoms. The van der Waals surface area contributed by atoms with Gasteiger partial charge in [-0.3, -0.25) is 0 Å². The molecule has 0 amide bonds. The number of halogens is 2. The van der Waals surface area contributed by atoms with E-state index in [1.165, 1.54) is 12.1 Å². The fraction of sp³-hybridized carbons (Fsp3) is 0.143. The van der Waals surface area contributed by atoms with Crippen LogP contribution in [-0.2, 0) is 0 Å². The number of hydrogen-bond acceptors (Lipinski definition) is 3. The van der Waals surface area contributed by atoms with E-state index < -0.39 is 5.97 Å². The minimum absolute atomic E-state index is 0.0570. The number of aromatic nitrogens is 1. The van der Waals surface area contributed by atoms with E-state index in [0.29, 0.717) is 11.4 Å². The Balaban J connectivity index is 2.24.